The van der Waals surface area contributed by atoms with Crippen molar-refractivity contribution in [2.75, 3.05) is 26.9 Å². The number of ether oxygens (including phenoxy) is 1. The number of hydrogen-bond acceptors (Lipinski definition) is 3. The third-order valence-corrected chi connectivity index (χ3v) is 3.16. The molecule has 0 saturated heterocycles. The standard InChI is InChI=1S/C12H17BrFNO2/c1-12(8-16,15-5-6-17-2)10-4-3-9(13)7-11(10)14/h3-4,7,15-16H,5-6,8H2,1-2H3. The lowest BCUT2D eigenvalue weighted by Crippen LogP contribution is -2.45. The molecule has 1 rings (SSSR count). The Bertz CT molecular complexity index is 376. The first-order valence-electron chi connectivity index (χ1n) is 5.34. The van der Waals surface area contributed by atoms with Gasteiger partial charge in [0.05, 0.1) is 18.8 Å². The number of hydrogen-bond donors (Lipinski definition) is 2. The number of halogens is 2. The zero-order valence-electron chi connectivity index (χ0n) is 9.96. The zero-order valence-corrected chi connectivity index (χ0v) is 11.6. The van der Waals surface area contributed by atoms with Crippen LogP contribution in [0.25, 0.3) is 0 Å². The van der Waals surface area contributed by atoms with E-state index in [-0.39, 0.29) is 12.4 Å². The Morgan fingerprint density at radius 3 is 2.76 bits per heavy atom. The summed E-state index contributed by atoms with van der Waals surface area (Å²) in [4.78, 5) is 0. The summed E-state index contributed by atoms with van der Waals surface area (Å²) < 4.78 is 19.4. The van der Waals surface area contributed by atoms with E-state index < -0.39 is 5.54 Å². The average Bonchev–Trinajstić information content (AvgIpc) is 2.29. The number of aliphatic hydroxyl groups excluding tert-OH is 1. The van der Waals surface area contributed by atoms with Crippen LogP contribution in [0.1, 0.15) is 12.5 Å². The number of benzene rings is 1. The van der Waals surface area contributed by atoms with E-state index in [2.05, 4.69) is 21.2 Å². The Balaban J connectivity index is 2.90. The second-order valence-corrected chi connectivity index (χ2v) is 4.95. The monoisotopic (exact) mass is 305 g/mol. The van der Waals surface area contributed by atoms with Crippen LogP contribution in [-0.2, 0) is 10.3 Å². The van der Waals surface area contributed by atoms with Gasteiger partial charge in [-0.3, -0.25) is 0 Å². The molecule has 0 fully saturated rings. The molecule has 0 spiro atoms. The van der Waals surface area contributed by atoms with E-state index >= 15 is 0 Å². The Morgan fingerprint density at radius 2 is 2.24 bits per heavy atom. The molecule has 2 N–H and O–H groups in total. The van der Waals surface area contributed by atoms with E-state index in [1.54, 1.807) is 26.2 Å². The van der Waals surface area contributed by atoms with E-state index in [9.17, 15) is 9.50 Å². The van der Waals surface area contributed by atoms with Crippen molar-refractivity contribution in [3.63, 3.8) is 0 Å². The van der Waals surface area contributed by atoms with Gasteiger partial charge >= 0.3 is 0 Å². The first-order valence-corrected chi connectivity index (χ1v) is 6.13. The number of aliphatic hydroxyl groups is 1. The van der Waals surface area contributed by atoms with E-state index in [0.29, 0.717) is 23.2 Å². The molecule has 1 unspecified atom stereocenters. The van der Waals surface area contributed by atoms with Gasteiger partial charge in [0.2, 0.25) is 0 Å². The summed E-state index contributed by atoms with van der Waals surface area (Å²) in [5, 5.41) is 12.5. The summed E-state index contributed by atoms with van der Waals surface area (Å²) in [5.41, 5.74) is -0.358. The van der Waals surface area contributed by atoms with Crippen molar-refractivity contribution in [1.29, 1.82) is 0 Å². The summed E-state index contributed by atoms with van der Waals surface area (Å²) >= 11 is 3.21. The first kappa shape index (κ1) is 14.6. The lowest BCUT2D eigenvalue weighted by Gasteiger charge is -2.29. The maximum atomic E-state index is 13.8. The van der Waals surface area contributed by atoms with Crippen LogP contribution in [0.4, 0.5) is 4.39 Å². The molecule has 1 atom stereocenters. The van der Waals surface area contributed by atoms with Gasteiger partial charge in [0.25, 0.3) is 0 Å². The Hall–Kier alpha value is -0.490. The van der Waals surface area contributed by atoms with Crippen molar-refractivity contribution in [3.05, 3.63) is 34.1 Å². The maximum Gasteiger partial charge on any atom is 0.129 e. The molecule has 0 aliphatic carbocycles. The summed E-state index contributed by atoms with van der Waals surface area (Å²) in [6.07, 6.45) is 0. The van der Waals surface area contributed by atoms with Crippen LogP contribution in [0.2, 0.25) is 0 Å². The van der Waals surface area contributed by atoms with Crippen LogP contribution < -0.4 is 5.32 Å². The Kier molecular flexibility index (Phi) is 5.52. The second kappa shape index (κ2) is 6.44. The molecule has 0 heterocycles. The molecule has 5 heteroatoms. The largest absolute Gasteiger partial charge is 0.394 e. The van der Waals surface area contributed by atoms with E-state index in [1.807, 2.05) is 0 Å². The van der Waals surface area contributed by atoms with Crippen molar-refractivity contribution in [1.82, 2.24) is 5.32 Å². The summed E-state index contributed by atoms with van der Waals surface area (Å²) in [6, 6.07) is 4.81. The van der Waals surface area contributed by atoms with Gasteiger partial charge in [-0.15, -0.1) is 0 Å². The molecule has 0 bridgehead atoms. The third kappa shape index (κ3) is 3.74. The highest BCUT2D eigenvalue weighted by Crippen LogP contribution is 2.25. The highest BCUT2D eigenvalue weighted by molar-refractivity contribution is 9.10. The summed E-state index contributed by atoms with van der Waals surface area (Å²) in [7, 11) is 1.60. The van der Waals surface area contributed by atoms with Gasteiger partial charge in [-0.2, -0.15) is 0 Å². The van der Waals surface area contributed by atoms with Crippen LogP contribution in [0.5, 0.6) is 0 Å². The fraction of sp³-hybridized carbons (Fsp3) is 0.500. The van der Waals surface area contributed by atoms with Gasteiger partial charge < -0.3 is 15.2 Å². The predicted molar refractivity (Wildman–Crippen MR) is 68.4 cm³/mol. The molecule has 3 nitrogen and oxygen atoms in total. The molecule has 96 valence electrons. The van der Waals surface area contributed by atoms with E-state index in [1.165, 1.54) is 6.07 Å². The minimum Gasteiger partial charge on any atom is -0.394 e. The second-order valence-electron chi connectivity index (χ2n) is 4.03. The normalized spacial score (nSPS) is 14.6. The summed E-state index contributed by atoms with van der Waals surface area (Å²) in [5.74, 6) is -0.346. The van der Waals surface area contributed by atoms with Crippen molar-refractivity contribution < 1.29 is 14.2 Å². The van der Waals surface area contributed by atoms with Gasteiger partial charge in [0.1, 0.15) is 5.82 Å². The van der Waals surface area contributed by atoms with E-state index in [4.69, 9.17) is 4.74 Å². The van der Waals surface area contributed by atoms with Crippen LogP contribution in [0.3, 0.4) is 0 Å². The SMILES string of the molecule is COCCNC(C)(CO)c1ccc(Br)cc1F. The van der Waals surface area contributed by atoms with Crippen LogP contribution in [0, 0.1) is 5.82 Å². The molecule has 0 amide bonds. The van der Waals surface area contributed by atoms with Gasteiger partial charge in [0, 0.05) is 23.7 Å². The molecule has 17 heavy (non-hydrogen) atoms. The molecule has 1 aromatic carbocycles. The Labute approximate surface area is 109 Å². The summed E-state index contributed by atoms with van der Waals surface area (Å²) in [6.45, 7) is 2.63. The molecule has 0 aliphatic heterocycles. The number of methoxy groups -OCH3 is 1. The van der Waals surface area contributed by atoms with Crippen LogP contribution in [0.15, 0.2) is 22.7 Å². The average molecular weight is 306 g/mol. The van der Waals surface area contributed by atoms with E-state index in [0.717, 1.165) is 0 Å². The Morgan fingerprint density at radius 1 is 1.53 bits per heavy atom. The minimum absolute atomic E-state index is 0.185. The maximum absolute atomic E-state index is 13.8. The lowest BCUT2D eigenvalue weighted by atomic mass is 9.92. The zero-order chi connectivity index (χ0) is 12.9. The van der Waals surface area contributed by atoms with Gasteiger partial charge in [-0.25, -0.2) is 4.39 Å². The smallest absolute Gasteiger partial charge is 0.129 e. The van der Waals surface area contributed by atoms with Gasteiger partial charge in [0.15, 0.2) is 0 Å². The molecular formula is C12H17BrFNO2. The van der Waals surface area contributed by atoms with Crippen LogP contribution in [-0.4, -0.2) is 32.0 Å². The highest BCUT2D eigenvalue weighted by atomic mass is 79.9. The quantitative estimate of drug-likeness (QED) is 0.790. The fourth-order valence-electron chi connectivity index (χ4n) is 1.60. The molecule has 0 saturated carbocycles. The molecule has 0 radical (unpaired) electrons. The van der Waals surface area contributed by atoms with Gasteiger partial charge in [-0.05, 0) is 19.1 Å². The molecular weight excluding hydrogens is 289 g/mol. The first-order chi connectivity index (χ1) is 8.03. The van der Waals surface area contributed by atoms with Crippen LogP contribution >= 0.6 is 15.9 Å². The number of rotatable bonds is 6. The topological polar surface area (TPSA) is 41.5 Å². The van der Waals surface area contributed by atoms with Gasteiger partial charge in [-0.1, -0.05) is 22.0 Å². The third-order valence-electron chi connectivity index (χ3n) is 2.66. The van der Waals surface area contributed by atoms with Crippen molar-refractivity contribution in [2.24, 2.45) is 0 Å². The molecule has 1 aromatic rings. The number of nitrogens with one attached hydrogen (secondary N) is 1. The van der Waals surface area contributed by atoms with Crippen molar-refractivity contribution in [3.8, 4) is 0 Å². The van der Waals surface area contributed by atoms with Crippen molar-refractivity contribution in [2.45, 2.75) is 12.5 Å². The molecule has 0 aromatic heterocycles. The highest BCUT2D eigenvalue weighted by Gasteiger charge is 2.28. The fourth-order valence-corrected chi connectivity index (χ4v) is 1.94. The predicted octanol–water partition coefficient (Wildman–Crippen LogP) is 2.03. The minimum atomic E-state index is -0.802. The lowest BCUT2D eigenvalue weighted by molar-refractivity contribution is 0.145. The van der Waals surface area contributed by atoms with Crippen molar-refractivity contribution >= 4 is 15.9 Å². The molecule has 0 aliphatic rings.